The van der Waals surface area contributed by atoms with Crippen LogP contribution in [0, 0.1) is 11.8 Å². The van der Waals surface area contributed by atoms with E-state index in [4.69, 9.17) is 9.84 Å². The Morgan fingerprint density at radius 3 is 2.57 bits per heavy atom. The van der Waals surface area contributed by atoms with Gasteiger partial charge in [-0.1, -0.05) is 11.8 Å². The van der Waals surface area contributed by atoms with Crippen molar-refractivity contribution in [2.24, 2.45) is 0 Å². The van der Waals surface area contributed by atoms with Crippen LogP contribution in [0.1, 0.15) is 24.8 Å². The third-order valence-electron chi connectivity index (χ3n) is 3.38. The van der Waals surface area contributed by atoms with E-state index in [9.17, 15) is 8.42 Å². The number of nitrogens with one attached hydrogen (secondary N) is 1. The number of aliphatic hydroxyl groups excluding tert-OH is 1. The molecule has 1 fully saturated rings. The van der Waals surface area contributed by atoms with Crippen LogP contribution in [0.5, 0.6) is 0 Å². The van der Waals surface area contributed by atoms with Gasteiger partial charge in [-0.05, 0) is 37.1 Å². The third-order valence-corrected chi connectivity index (χ3v) is 4.92. The first-order valence-corrected chi connectivity index (χ1v) is 8.28. The van der Waals surface area contributed by atoms with Crippen molar-refractivity contribution in [3.8, 4) is 11.8 Å². The lowest BCUT2D eigenvalue weighted by molar-refractivity contribution is 0.0236. The van der Waals surface area contributed by atoms with E-state index >= 15 is 0 Å². The fraction of sp³-hybridized carbons (Fsp3) is 0.467. The normalized spacial score (nSPS) is 21.2. The van der Waals surface area contributed by atoms with Gasteiger partial charge < -0.3 is 9.84 Å². The van der Waals surface area contributed by atoms with E-state index < -0.39 is 10.0 Å². The Balaban J connectivity index is 1.99. The molecule has 0 aliphatic heterocycles. The molecule has 1 aliphatic carbocycles. The van der Waals surface area contributed by atoms with Crippen molar-refractivity contribution in [2.45, 2.75) is 36.3 Å². The molecule has 0 aromatic heterocycles. The number of hydrogen-bond donors (Lipinski definition) is 2. The van der Waals surface area contributed by atoms with Gasteiger partial charge in [-0.2, -0.15) is 0 Å². The SMILES string of the molecule is COC1CC(NS(=O)(=O)c2ccc(C#CCCO)cc2)C1. The lowest BCUT2D eigenvalue weighted by Crippen LogP contribution is -2.47. The van der Waals surface area contributed by atoms with Crippen LogP contribution < -0.4 is 4.72 Å². The Kier molecular flexibility index (Phi) is 5.37. The Bertz CT molecular complexity index is 622. The van der Waals surface area contributed by atoms with E-state index in [1.165, 1.54) is 12.1 Å². The minimum atomic E-state index is -3.49. The van der Waals surface area contributed by atoms with Crippen LogP contribution in [0.15, 0.2) is 29.2 Å². The summed E-state index contributed by atoms with van der Waals surface area (Å²) in [6, 6.07) is 6.36. The van der Waals surface area contributed by atoms with Gasteiger partial charge in [0.2, 0.25) is 10.0 Å². The predicted molar refractivity (Wildman–Crippen MR) is 79.2 cm³/mol. The van der Waals surface area contributed by atoms with E-state index in [0.717, 1.165) is 5.56 Å². The number of benzene rings is 1. The Labute approximate surface area is 125 Å². The smallest absolute Gasteiger partial charge is 0.240 e. The van der Waals surface area contributed by atoms with Gasteiger partial charge in [0.15, 0.2) is 0 Å². The summed E-state index contributed by atoms with van der Waals surface area (Å²) in [6.45, 7) is 0.0211. The van der Waals surface area contributed by atoms with Crippen LogP contribution >= 0.6 is 0 Å². The molecule has 114 valence electrons. The molecule has 6 heteroatoms. The Morgan fingerprint density at radius 1 is 1.33 bits per heavy atom. The maximum absolute atomic E-state index is 12.2. The maximum Gasteiger partial charge on any atom is 0.240 e. The summed E-state index contributed by atoms with van der Waals surface area (Å²) in [6.07, 6.45) is 1.98. The van der Waals surface area contributed by atoms with Crippen molar-refractivity contribution in [2.75, 3.05) is 13.7 Å². The van der Waals surface area contributed by atoms with E-state index in [2.05, 4.69) is 16.6 Å². The van der Waals surface area contributed by atoms with Crippen molar-refractivity contribution in [3.05, 3.63) is 29.8 Å². The molecule has 1 aliphatic rings. The second-order valence-corrected chi connectivity index (χ2v) is 6.66. The molecule has 1 aromatic carbocycles. The van der Waals surface area contributed by atoms with Gasteiger partial charge in [0, 0.05) is 25.1 Å². The zero-order valence-corrected chi connectivity index (χ0v) is 12.7. The highest BCUT2D eigenvalue weighted by Crippen LogP contribution is 2.24. The zero-order chi connectivity index (χ0) is 15.3. The monoisotopic (exact) mass is 309 g/mol. The molecule has 21 heavy (non-hydrogen) atoms. The molecular formula is C15H19NO4S. The number of methoxy groups -OCH3 is 1. The molecule has 2 rings (SSSR count). The Morgan fingerprint density at radius 2 is 2.00 bits per heavy atom. The Hall–Kier alpha value is -1.39. The van der Waals surface area contributed by atoms with Gasteiger partial charge in [0.25, 0.3) is 0 Å². The summed E-state index contributed by atoms with van der Waals surface area (Å²) < 4.78 is 32.2. The highest BCUT2D eigenvalue weighted by Gasteiger charge is 2.32. The molecule has 0 heterocycles. The summed E-state index contributed by atoms with van der Waals surface area (Å²) in [5, 5.41) is 8.65. The molecule has 0 unspecified atom stereocenters. The van der Waals surface area contributed by atoms with Gasteiger partial charge in [0.1, 0.15) is 0 Å². The van der Waals surface area contributed by atoms with Crippen LogP contribution in [-0.4, -0.2) is 39.4 Å². The fourth-order valence-electron chi connectivity index (χ4n) is 2.08. The van der Waals surface area contributed by atoms with Crippen LogP contribution in [0.3, 0.4) is 0 Å². The first-order valence-electron chi connectivity index (χ1n) is 6.80. The number of sulfonamides is 1. The van der Waals surface area contributed by atoms with Gasteiger partial charge >= 0.3 is 0 Å². The van der Waals surface area contributed by atoms with Crippen LogP contribution in [0.2, 0.25) is 0 Å². The van der Waals surface area contributed by atoms with E-state index in [-0.39, 0.29) is 23.6 Å². The van der Waals surface area contributed by atoms with Crippen LogP contribution in [0.4, 0.5) is 0 Å². The molecule has 2 N–H and O–H groups in total. The number of hydrogen-bond acceptors (Lipinski definition) is 4. The second kappa shape index (κ2) is 7.05. The second-order valence-electron chi connectivity index (χ2n) is 4.95. The average Bonchev–Trinajstić information content (AvgIpc) is 2.43. The summed E-state index contributed by atoms with van der Waals surface area (Å²) in [4.78, 5) is 0.232. The van der Waals surface area contributed by atoms with Gasteiger partial charge in [-0.25, -0.2) is 13.1 Å². The van der Waals surface area contributed by atoms with Crippen molar-refractivity contribution >= 4 is 10.0 Å². The quantitative estimate of drug-likeness (QED) is 0.792. The number of ether oxygens (including phenoxy) is 1. The van der Waals surface area contributed by atoms with Crippen LogP contribution in [0.25, 0.3) is 0 Å². The predicted octanol–water partition coefficient (Wildman–Crippen LogP) is 0.876. The third kappa shape index (κ3) is 4.29. The number of aliphatic hydroxyl groups is 1. The minimum Gasteiger partial charge on any atom is -0.395 e. The lowest BCUT2D eigenvalue weighted by atomic mass is 9.90. The minimum absolute atomic E-state index is 0.0211. The molecule has 1 saturated carbocycles. The summed E-state index contributed by atoms with van der Waals surface area (Å²) in [7, 11) is -1.86. The standard InChI is InChI=1S/C15H19NO4S/c1-20-14-10-13(11-14)16-21(18,19)15-7-5-12(6-8-15)4-2-3-9-17/h5-8,13-14,16-17H,3,9-11H2,1H3. The molecule has 0 spiro atoms. The van der Waals surface area contributed by atoms with Gasteiger partial charge in [-0.15, -0.1) is 0 Å². The summed E-state index contributed by atoms with van der Waals surface area (Å²) in [5.74, 6) is 5.65. The zero-order valence-electron chi connectivity index (χ0n) is 11.9. The van der Waals surface area contributed by atoms with Crippen molar-refractivity contribution in [1.29, 1.82) is 0 Å². The van der Waals surface area contributed by atoms with Crippen molar-refractivity contribution in [3.63, 3.8) is 0 Å². The van der Waals surface area contributed by atoms with Crippen LogP contribution in [-0.2, 0) is 14.8 Å². The van der Waals surface area contributed by atoms with Crippen molar-refractivity contribution in [1.82, 2.24) is 4.72 Å². The first kappa shape index (κ1) is 16.0. The summed E-state index contributed by atoms with van der Waals surface area (Å²) in [5.41, 5.74) is 0.727. The first-order chi connectivity index (χ1) is 10.0. The average molecular weight is 309 g/mol. The molecule has 0 atom stereocenters. The molecule has 0 radical (unpaired) electrons. The topological polar surface area (TPSA) is 75.6 Å². The maximum atomic E-state index is 12.2. The summed E-state index contributed by atoms with van der Waals surface area (Å²) >= 11 is 0. The highest BCUT2D eigenvalue weighted by atomic mass is 32.2. The fourth-order valence-corrected chi connectivity index (χ4v) is 3.34. The molecule has 5 nitrogen and oxygen atoms in total. The molecule has 0 saturated heterocycles. The van der Waals surface area contributed by atoms with E-state index in [0.29, 0.717) is 19.3 Å². The highest BCUT2D eigenvalue weighted by molar-refractivity contribution is 7.89. The molecule has 0 bridgehead atoms. The largest absolute Gasteiger partial charge is 0.395 e. The van der Waals surface area contributed by atoms with Gasteiger partial charge in [-0.3, -0.25) is 0 Å². The number of rotatable bonds is 5. The molecule has 0 amide bonds. The van der Waals surface area contributed by atoms with E-state index in [1.807, 2.05) is 0 Å². The van der Waals surface area contributed by atoms with Crippen molar-refractivity contribution < 1.29 is 18.3 Å². The molecule has 1 aromatic rings. The van der Waals surface area contributed by atoms with Gasteiger partial charge in [0.05, 0.1) is 17.6 Å². The lowest BCUT2D eigenvalue weighted by Gasteiger charge is -2.34. The molecular weight excluding hydrogens is 290 g/mol. The van der Waals surface area contributed by atoms with E-state index in [1.54, 1.807) is 19.2 Å².